The van der Waals surface area contributed by atoms with Crippen LogP contribution in [0.3, 0.4) is 0 Å². The third kappa shape index (κ3) is 5.91. The molecule has 0 saturated heterocycles. The highest BCUT2D eigenvalue weighted by molar-refractivity contribution is 5.87. The summed E-state index contributed by atoms with van der Waals surface area (Å²) in [4.78, 5) is 33.8. The van der Waals surface area contributed by atoms with E-state index >= 15 is 0 Å². The molecular formula is C16H20NO6+. The van der Waals surface area contributed by atoms with Gasteiger partial charge in [0.15, 0.2) is 6.04 Å². The number of quaternary nitrogens is 1. The molecule has 0 aliphatic carbocycles. The quantitative estimate of drug-likeness (QED) is 0.453. The molecule has 0 aliphatic heterocycles. The molecule has 124 valence electrons. The zero-order valence-corrected chi connectivity index (χ0v) is 13.3. The number of esters is 3. The summed E-state index contributed by atoms with van der Waals surface area (Å²) in [5.41, 5.74) is 5.04. The van der Waals surface area contributed by atoms with Crippen molar-refractivity contribution in [3.05, 3.63) is 35.4 Å². The van der Waals surface area contributed by atoms with Crippen molar-refractivity contribution in [3.8, 4) is 5.75 Å². The molecule has 0 saturated carbocycles. The number of carbonyl (C=O) groups is 3. The largest absolute Gasteiger partial charge is 0.466 e. The summed E-state index contributed by atoms with van der Waals surface area (Å²) in [6.45, 7) is 1.28. The van der Waals surface area contributed by atoms with Crippen LogP contribution >= 0.6 is 0 Å². The van der Waals surface area contributed by atoms with Crippen molar-refractivity contribution in [1.29, 1.82) is 0 Å². The number of benzene rings is 1. The van der Waals surface area contributed by atoms with Crippen molar-refractivity contribution in [1.82, 2.24) is 0 Å². The van der Waals surface area contributed by atoms with Crippen LogP contribution in [0.15, 0.2) is 24.3 Å². The van der Waals surface area contributed by atoms with Gasteiger partial charge >= 0.3 is 17.9 Å². The zero-order valence-electron chi connectivity index (χ0n) is 13.3. The van der Waals surface area contributed by atoms with Crippen LogP contribution in [-0.2, 0) is 30.3 Å². The fourth-order valence-electron chi connectivity index (χ4n) is 1.86. The molecule has 1 aromatic carbocycles. The fraction of sp³-hybridized carbons (Fsp3) is 0.312. The maximum absolute atomic E-state index is 11.4. The molecule has 0 spiro atoms. The lowest BCUT2D eigenvalue weighted by Gasteiger charge is -2.10. The molecule has 0 aromatic heterocycles. The Kier molecular flexibility index (Phi) is 6.95. The van der Waals surface area contributed by atoms with Gasteiger partial charge in [0, 0.05) is 25.0 Å². The molecule has 1 atom stereocenters. The van der Waals surface area contributed by atoms with E-state index in [0.29, 0.717) is 17.7 Å². The summed E-state index contributed by atoms with van der Waals surface area (Å²) in [7, 11) is 2.56. The van der Waals surface area contributed by atoms with Crippen LogP contribution in [0.5, 0.6) is 5.75 Å². The van der Waals surface area contributed by atoms with E-state index in [-0.39, 0.29) is 0 Å². The lowest BCUT2D eigenvalue weighted by atomic mass is 10.0. The molecule has 7 nitrogen and oxygen atoms in total. The topological polar surface area (TPSA) is 107 Å². The zero-order chi connectivity index (χ0) is 17.4. The highest BCUT2D eigenvalue weighted by atomic mass is 16.5. The SMILES string of the molecule is COC(=O)/C=C/c1cc(CC([NH3+])C(=O)OC)ccc1OC(C)=O. The van der Waals surface area contributed by atoms with E-state index in [1.54, 1.807) is 18.2 Å². The monoisotopic (exact) mass is 322 g/mol. The second-order valence-corrected chi connectivity index (χ2v) is 4.75. The summed E-state index contributed by atoms with van der Waals surface area (Å²) in [5.74, 6) is -1.12. The van der Waals surface area contributed by atoms with Crippen LogP contribution in [0.25, 0.3) is 6.08 Å². The van der Waals surface area contributed by atoms with E-state index in [1.165, 1.54) is 33.3 Å². The Morgan fingerprint density at radius 3 is 2.48 bits per heavy atom. The Bertz CT molecular complexity index is 623. The third-order valence-electron chi connectivity index (χ3n) is 2.94. The number of rotatable bonds is 6. The first kappa shape index (κ1) is 18.4. The van der Waals surface area contributed by atoms with E-state index in [9.17, 15) is 14.4 Å². The number of carbonyl (C=O) groups excluding carboxylic acids is 3. The maximum atomic E-state index is 11.4. The average Bonchev–Trinajstić information content (AvgIpc) is 2.52. The Morgan fingerprint density at radius 2 is 1.91 bits per heavy atom. The van der Waals surface area contributed by atoms with Gasteiger partial charge in [0.2, 0.25) is 0 Å². The summed E-state index contributed by atoms with van der Waals surface area (Å²) in [5, 5.41) is 0. The first-order chi connectivity index (χ1) is 10.9. The number of hydrogen-bond acceptors (Lipinski definition) is 6. The van der Waals surface area contributed by atoms with E-state index < -0.39 is 23.9 Å². The minimum atomic E-state index is -0.558. The van der Waals surface area contributed by atoms with Crippen molar-refractivity contribution < 1.29 is 34.3 Å². The minimum absolute atomic E-state index is 0.306. The van der Waals surface area contributed by atoms with Crippen LogP contribution in [-0.4, -0.2) is 38.2 Å². The average molecular weight is 322 g/mol. The van der Waals surface area contributed by atoms with Crippen molar-refractivity contribution in [2.75, 3.05) is 14.2 Å². The van der Waals surface area contributed by atoms with Gasteiger partial charge in [-0.15, -0.1) is 0 Å². The Morgan fingerprint density at radius 1 is 1.22 bits per heavy atom. The van der Waals surface area contributed by atoms with Gasteiger partial charge in [0.05, 0.1) is 14.2 Å². The molecule has 0 fully saturated rings. The first-order valence-corrected chi connectivity index (χ1v) is 6.85. The highest BCUT2D eigenvalue weighted by Crippen LogP contribution is 2.23. The van der Waals surface area contributed by atoms with E-state index in [1.807, 2.05) is 0 Å². The molecule has 3 N–H and O–H groups in total. The maximum Gasteiger partial charge on any atom is 0.364 e. The lowest BCUT2D eigenvalue weighted by Crippen LogP contribution is -2.66. The fourth-order valence-corrected chi connectivity index (χ4v) is 1.86. The predicted octanol–water partition coefficient (Wildman–Crippen LogP) is 0.124. The number of methoxy groups -OCH3 is 2. The first-order valence-electron chi connectivity index (χ1n) is 6.85. The molecule has 0 bridgehead atoms. The Balaban J connectivity index is 3.07. The minimum Gasteiger partial charge on any atom is -0.466 e. The van der Waals surface area contributed by atoms with Crippen LogP contribution in [0.1, 0.15) is 18.1 Å². The summed E-state index contributed by atoms with van der Waals surface area (Å²) in [6.07, 6.45) is 3.05. The number of ether oxygens (including phenoxy) is 3. The molecule has 1 rings (SSSR count). The van der Waals surface area contributed by atoms with Gasteiger partial charge in [-0.2, -0.15) is 0 Å². The lowest BCUT2D eigenvalue weighted by molar-refractivity contribution is -0.407. The molecule has 1 unspecified atom stereocenters. The van der Waals surface area contributed by atoms with E-state index in [4.69, 9.17) is 4.74 Å². The Labute approximate surface area is 134 Å². The smallest absolute Gasteiger partial charge is 0.364 e. The molecule has 23 heavy (non-hydrogen) atoms. The predicted molar refractivity (Wildman–Crippen MR) is 81.2 cm³/mol. The van der Waals surface area contributed by atoms with Crippen molar-refractivity contribution in [2.24, 2.45) is 0 Å². The van der Waals surface area contributed by atoms with E-state index in [2.05, 4.69) is 15.2 Å². The van der Waals surface area contributed by atoms with Gasteiger partial charge in [0.1, 0.15) is 5.75 Å². The molecule has 0 radical (unpaired) electrons. The van der Waals surface area contributed by atoms with Crippen molar-refractivity contribution in [2.45, 2.75) is 19.4 Å². The normalized spacial score (nSPS) is 11.8. The van der Waals surface area contributed by atoms with Gasteiger partial charge < -0.3 is 19.9 Å². The van der Waals surface area contributed by atoms with Gasteiger partial charge in [0.25, 0.3) is 0 Å². The Hall–Kier alpha value is -2.67. The standard InChI is InChI=1S/C16H19NO6/c1-10(18)23-14-6-4-11(9-13(17)16(20)22-3)8-12(14)5-7-15(19)21-2/h4-8,13H,9,17H2,1-3H3/p+1/b7-5+. The summed E-state index contributed by atoms with van der Waals surface area (Å²) >= 11 is 0. The molecule has 1 aromatic rings. The second-order valence-electron chi connectivity index (χ2n) is 4.75. The van der Waals surface area contributed by atoms with Crippen LogP contribution < -0.4 is 10.5 Å². The van der Waals surface area contributed by atoms with Gasteiger partial charge in [-0.1, -0.05) is 6.07 Å². The van der Waals surface area contributed by atoms with Crippen LogP contribution in [0, 0.1) is 0 Å². The van der Waals surface area contributed by atoms with Crippen molar-refractivity contribution >= 4 is 24.0 Å². The summed E-state index contributed by atoms with van der Waals surface area (Å²) < 4.78 is 14.3. The van der Waals surface area contributed by atoms with Crippen LogP contribution in [0.2, 0.25) is 0 Å². The number of hydrogen-bond donors (Lipinski definition) is 1. The van der Waals surface area contributed by atoms with Crippen molar-refractivity contribution in [3.63, 3.8) is 0 Å². The molecule has 7 heteroatoms. The summed E-state index contributed by atoms with van der Waals surface area (Å²) in [6, 6.07) is 4.46. The van der Waals surface area contributed by atoms with E-state index in [0.717, 1.165) is 5.56 Å². The van der Waals surface area contributed by atoms with Crippen LogP contribution in [0.4, 0.5) is 0 Å². The molecule has 0 heterocycles. The molecule has 0 aliphatic rings. The van der Waals surface area contributed by atoms with Gasteiger partial charge in [-0.25, -0.2) is 9.59 Å². The van der Waals surface area contributed by atoms with Gasteiger partial charge in [-0.3, -0.25) is 4.79 Å². The molecular weight excluding hydrogens is 302 g/mol. The second kappa shape index (κ2) is 8.70. The van der Waals surface area contributed by atoms with Gasteiger partial charge in [-0.05, 0) is 23.8 Å². The third-order valence-corrected chi connectivity index (χ3v) is 2.94. The highest BCUT2D eigenvalue weighted by Gasteiger charge is 2.19. The molecule has 0 amide bonds.